The van der Waals surface area contributed by atoms with Gasteiger partial charge in [-0.25, -0.2) is 0 Å². The van der Waals surface area contributed by atoms with E-state index in [9.17, 15) is 9.59 Å². The van der Waals surface area contributed by atoms with Crippen molar-refractivity contribution in [2.75, 3.05) is 14.2 Å². The number of amides is 1. The number of hydrogen-bond acceptors (Lipinski definition) is 4. The van der Waals surface area contributed by atoms with Crippen molar-refractivity contribution in [3.8, 4) is 5.75 Å². The average Bonchev–Trinajstić information content (AvgIpc) is 2.80. The van der Waals surface area contributed by atoms with Gasteiger partial charge in [0, 0.05) is 6.42 Å². The Balaban J connectivity index is 2.29. The third kappa shape index (κ3) is 2.30. The zero-order valence-corrected chi connectivity index (χ0v) is 10.3. The maximum atomic E-state index is 11.7. The van der Waals surface area contributed by atoms with Crippen LogP contribution in [0.5, 0.6) is 5.75 Å². The highest BCUT2D eigenvalue weighted by Gasteiger charge is 2.39. The normalized spacial score (nSPS) is 22.4. The van der Waals surface area contributed by atoms with Crippen LogP contribution in [0.25, 0.3) is 0 Å². The molecule has 5 nitrogen and oxygen atoms in total. The minimum Gasteiger partial charge on any atom is -0.497 e. The van der Waals surface area contributed by atoms with Gasteiger partial charge in [-0.1, -0.05) is 12.1 Å². The van der Waals surface area contributed by atoms with E-state index >= 15 is 0 Å². The van der Waals surface area contributed by atoms with Crippen LogP contribution in [0.1, 0.15) is 18.0 Å². The fourth-order valence-electron chi connectivity index (χ4n) is 2.17. The summed E-state index contributed by atoms with van der Waals surface area (Å²) in [5.41, 5.74) is 0.843. The third-order valence-corrected chi connectivity index (χ3v) is 3.08. The van der Waals surface area contributed by atoms with Gasteiger partial charge in [0.15, 0.2) is 0 Å². The molecular formula is C13H15NO4. The third-order valence-electron chi connectivity index (χ3n) is 3.08. The molecule has 1 saturated heterocycles. The number of benzene rings is 1. The molecule has 96 valence electrons. The van der Waals surface area contributed by atoms with Crippen molar-refractivity contribution in [3.05, 3.63) is 29.8 Å². The van der Waals surface area contributed by atoms with Crippen LogP contribution in [0.15, 0.2) is 24.3 Å². The minimum absolute atomic E-state index is 0.141. The monoisotopic (exact) mass is 249 g/mol. The SMILES string of the molecule is COC(=O)C1CC(=O)NC1c1cccc(OC)c1. The topological polar surface area (TPSA) is 64.6 Å². The molecule has 1 aliphatic heterocycles. The van der Waals surface area contributed by atoms with Crippen molar-refractivity contribution >= 4 is 11.9 Å². The predicted octanol–water partition coefficient (Wildman–Crippen LogP) is 1.05. The number of carbonyl (C=O) groups is 2. The lowest BCUT2D eigenvalue weighted by molar-refractivity contribution is -0.146. The molecule has 1 aliphatic rings. The predicted molar refractivity (Wildman–Crippen MR) is 64.0 cm³/mol. The Kier molecular flexibility index (Phi) is 3.50. The molecule has 1 aromatic rings. The van der Waals surface area contributed by atoms with Gasteiger partial charge in [0.05, 0.1) is 26.2 Å². The highest BCUT2D eigenvalue weighted by molar-refractivity contribution is 5.87. The summed E-state index contributed by atoms with van der Waals surface area (Å²) in [6.45, 7) is 0. The van der Waals surface area contributed by atoms with Crippen LogP contribution in [0.4, 0.5) is 0 Å². The van der Waals surface area contributed by atoms with Crippen molar-refractivity contribution in [2.45, 2.75) is 12.5 Å². The lowest BCUT2D eigenvalue weighted by Gasteiger charge is -2.17. The largest absolute Gasteiger partial charge is 0.497 e. The Bertz CT molecular complexity index is 472. The number of esters is 1. The lowest BCUT2D eigenvalue weighted by atomic mass is 9.94. The molecule has 0 aliphatic carbocycles. The van der Waals surface area contributed by atoms with Crippen LogP contribution in [0.2, 0.25) is 0 Å². The summed E-state index contributed by atoms with van der Waals surface area (Å²) < 4.78 is 9.86. The fourth-order valence-corrected chi connectivity index (χ4v) is 2.17. The number of rotatable bonds is 3. The first-order valence-corrected chi connectivity index (χ1v) is 5.67. The van der Waals surface area contributed by atoms with Crippen LogP contribution in [-0.2, 0) is 14.3 Å². The number of carbonyl (C=O) groups excluding carboxylic acids is 2. The summed E-state index contributed by atoms with van der Waals surface area (Å²) in [4.78, 5) is 23.1. The summed E-state index contributed by atoms with van der Waals surface area (Å²) in [6.07, 6.45) is 0.161. The van der Waals surface area contributed by atoms with E-state index < -0.39 is 5.92 Å². The molecule has 5 heteroatoms. The maximum absolute atomic E-state index is 11.7. The van der Waals surface area contributed by atoms with Gasteiger partial charge in [-0.2, -0.15) is 0 Å². The molecule has 0 radical (unpaired) electrons. The summed E-state index contributed by atoms with van der Waals surface area (Å²) in [5, 5.41) is 2.79. The molecule has 1 fully saturated rings. The van der Waals surface area contributed by atoms with Crippen LogP contribution in [-0.4, -0.2) is 26.1 Å². The summed E-state index contributed by atoms with van der Waals surface area (Å²) in [6, 6.07) is 6.96. The first-order chi connectivity index (χ1) is 8.65. The fraction of sp³-hybridized carbons (Fsp3) is 0.385. The molecule has 2 unspecified atom stereocenters. The minimum atomic E-state index is -0.477. The Labute approximate surface area is 105 Å². The van der Waals surface area contributed by atoms with E-state index in [0.29, 0.717) is 5.75 Å². The van der Waals surface area contributed by atoms with Crippen LogP contribution >= 0.6 is 0 Å². The average molecular weight is 249 g/mol. The van der Waals surface area contributed by atoms with E-state index in [-0.39, 0.29) is 24.3 Å². The van der Waals surface area contributed by atoms with Crippen molar-refractivity contribution < 1.29 is 19.1 Å². The molecular weight excluding hydrogens is 234 g/mol. The molecule has 1 N–H and O–H groups in total. The molecule has 0 saturated carbocycles. The lowest BCUT2D eigenvalue weighted by Crippen LogP contribution is -2.25. The molecule has 2 rings (SSSR count). The van der Waals surface area contributed by atoms with E-state index in [1.807, 2.05) is 24.3 Å². The van der Waals surface area contributed by atoms with E-state index in [1.165, 1.54) is 7.11 Å². The molecule has 1 aromatic carbocycles. The van der Waals surface area contributed by atoms with E-state index in [0.717, 1.165) is 5.56 Å². The summed E-state index contributed by atoms with van der Waals surface area (Å²) in [7, 11) is 2.90. The standard InChI is InChI=1S/C13H15NO4/c1-17-9-5-3-4-8(6-9)12-10(13(16)18-2)7-11(15)14-12/h3-6,10,12H,7H2,1-2H3,(H,14,15). The molecule has 2 atom stereocenters. The second kappa shape index (κ2) is 5.08. The van der Waals surface area contributed by atoms with Gasteiger partial charge in [0.2, 0.25) is 5.91 Å². The number of methoxy groups -OCH3 is 2. The van der Waals surface area contributed by atoms with Gasteiger partial charge < -0.3 is 14.8 Å². The van der Waals surface area contributed by atoms with Crippen molar-refractivity contribution in [2.24, 2.45) is 5.92 Å². The van der Waals surface area contributed by atoms with Crippen LogP contribution in [0, 0.1) is 5.92 Å². The smallest absolute Gasteiger partial charge is 0.311 e. The highest BCUT2D eigenvalue weighted by atomic mass is 16.5. The number of ether oxygens (including phenoxy) is 2. The Morgan fingerprint density at radius 2 is 2.17 bits per heavy atom. The van der Waals surface area contributed by atoms with Gasteiger partial charge in [0.1, 0.15) is 5.75 Å². The Morgan fingerprint density at radius 3 is 2.83 bits per heavy atom. The van der Waals surface area contributed by atoms with Crippen LogP contribution < -0.4 is 10.1 Å². The zero-order valence-electron chi connectivity index (χ0n) is 10.3. The Hall–Kier alpha value is -2.04. The van der Waals surface area contributed by atoms with Gasteiger partial charge in [-0.05, 0) is 17.7 Å². The molecule has 1 amide bonds. The summed E-state index contributed by atoms with van der Waals surface area (Å²) >= 11 is 0. The van der Waals surface area contributed by atoms with Gasteiger partial charge >= 0.3 is 5.97 Å². The molecule has 0 spiro atoms. The van der Waals surface area contributed by atoms with Crippen molar-refractivity contribution in [1.29, 1.82) is 0 Å². The quantitative estimate of drug-likeness (QED) is 0.813. The van der Waals surface area contributed by atoms with Crippen molar-refractivity contribution in [1.82, 2.24) is 5.32 Å². The first-order valence-electron chi connectivity index (χ1n) is 5.67. The molecule has 18 heavy (non-hydrogen) atoms. The van der Waals surface area contributed by atoms with Gasteiger partial charge in [-0.3, -0.25) is 9.59 Å². The second-order valence-corrected chi connectivity index (χ2v) is 4.16. The number of hydrogen-bond donors (Lipinski definition) is 1. The van der Waals surface area contributed by atoms with Crippen molar-refractivity contribution in [3.63, 3.8) is 0 Å². The molecule has 0 aromatic heterocycles. The van der Waals surface area contributed by atoms with Gasteiger partial charge in [-0.15, -0.1) is 0 Å². The van der Waals surface area contributed by atoms with Crippen LogP contribution in [0.3, 0.4) is 0 Å². The van der Waals surface area contributed by atoms with Gasteiger partial charge in [0.25, 0.3) is 0 Å². The van der Waals surface area contributed by atoms with E-state index in [2.05, 4.69) is 5.32 Å². The summed E-state index contributed by atoms with van der Waals surface area (Å²) in [5.74, 6) is -0.300. The maximum Gasteiger partial charge on any atom is 0.311 e. The molecule has 0 bridgehead atoms. The highest BCUT2D eigenvalue weighted by Crippen LogP contribution is 2.32. The molecule has 1 heterocycles. The second-order valence-electron chi connectivity index (χ2n) is 4.16. The van der Waals surface area contributed by atoms with E-state index in [1.54, 1.807) is 7.11 Å². The Morgan fingerprint density at radius 1 is 1.39 bits per heavy atom. The first kappa shape index (κ1) is 12.4. The van der Waals surface area contributed by atoms with E-state index in [4.69, 9.17) is 9.47 Å². The number of nitrogens with one attached hydrogen (secondary N) is 1. The zero-order chi connectivity index (χ0) is 13.1.